The Morgan fingerprint density at radius 1 is 0.975 bits per heavy atom. The van der Waals surface area contributed by atoms with Crippen LogP contribution in [-0.4, -0.2) is 71.1 Å². The first-order valence-electron chi connectivity index (χ1n) is 11.3. The highest BCUT2D eigenvalue weighted by Gasteiger charge is 2.47. The van der Waals surface area contributed by atoms with Gasteiger partial charge in [-0.15, -0.1) is 0 Å². The zero-order valence-electron chi connectivity index (χ0n) is 20.7. The van der Waals surface area contributed by atoms with E-state index in [9.17, 15) is 31.9 Å². The van der Waals surface area contributed by atoms with Crippen molar-refractivity contribution in [3.05, 3.63) is 45.0 Å². The number of alkyl halides is 2. The van der Waals surface area contributed by atoms with Crippen molar-refractivity contribution in [1.29, 1.82) is 0 Å². The molecule has 0 radical (unpaired) electrons. The van der Waals surface area contributed by atoms with Crippen molar-refractivity contribution in [2.24, 2.45) is 11.8 Å². The van der Waals surface area contributed by atoms with E-state index in [0.29, 0.717) is 15.3 Å². The Balaban J connectivity index is 0.000000225. The van der Waals surface area contributed by atoms with Gasteiger partial charge in [-0.25, -0.2) is 31.9 Å². The van der Waals surface area contributed by atoms with Crippen molar-refractivity contribution >= 4 is 25.7 Å². The number of halogens is 4. The normalized spacial score (nSPS) is 29.8. The number of anilines is 2. The highest BCUT2D eigenvalue weighted by molar-refractivity contribution is 7.63. The quantitative estimate of drug-likeness (QED) is 0.226. The molecule has 4 heterocycles. The van der Waals surface area contributed by atoms with Crippen LogP contribution in [0.15, 0.2) is 22.0 Å². The van der Waals surface area contributed by atoms with E-state index in [1.54, 1.807) is 0 Å². The van der Waals surface area contributed by atoms with Crippen LogP contribution in [0.3, 0.4) is 0 Å². The molecule has 0 aliphatic carbocycles. The van der Waals surface area contributed by atoms with Crippen molar-refractivity contribution < 1.29 is 51.5 Å². The van der Waals surface area contributed by atoms with Crippen LogP contribution >= 0.6 is 8.38 Å². The summed E-state index contributed by atoms with van der Waals surface area (Å²) in [6.45, 7) is 2.47. The number of hydrogen-bond donors (Lipinski definition) is 5. The smallest absolute Gasteiger partial charge is 0.385 e. The van der Waals surface area contributed by atoms with E-state index < -0.39 is 97.8 Å². The molecular formula is C20H25F4N6O9P. The van der Waals surface area contributed by atoms with Crippen LogP contribution in [0, 0.1) is 23.5 Å². The van der Waals surface area contributed by atoms with Gasteiger partial charge in [-0.1, -0.05) is 13.8 Å². The van der Waals surface area contributed by atoms with Crippen LogP contribution in [0.2, 0.25) is 0 Å². The Kier molecular flexibility index (Phi) is 9.81. The molecule has 222 valence electrons. The number of nitrogens with zero attached hydrogens (tertiary/aromatic N) is 4. The van der Waals surface area contributed by atoms with Gasteiger partial charge in [-0.05, 0) is 0 Å². The zero-order valence-corrected chi connectivity index (χ0v) is 21.6. The van der Waals surface area contributed by atoms with Crippen LogP contribution in [-0.2, 0) is 14.2 Å². The molecule has 15 nitrogen and oxygen atoms in total. The molecule has 2 unspecified atom stereocenters. The van der Waals surface area contributed by atoms with Gasteiger partial charge < -0.3 is 40.6 Å². The standard InChI is InChI=1S/C10H12F2N3O6P.C10H13F2N3O3/c1-3-5(12)7(20-8(3)21-10(17)22(18)19)15-2-4(11)6(13)14-9(15)16;1-4-6(3-16)18-9(7(4)12)15-2-5(11)8(13)14-10(15)17/h2-3,5,7-8,18-19H,1H3,(H2,13,14,16);2,4,6-7,9,16H,3H2,1H3,(H2,13,14,17)/t3?,5-,7+,8+;4?,6-,7+,9-/m01/s1. The molecule has 2 saturated heterocycles. The van der Waals surface area contributed by atoms with E-state index in [1.165, 1.54) is 13.8 Å². The van der Waals surface area contributed by atoms with E-state index in [0.717, 1.165) is 6.20 Å². The number of ether oxygens (including phenoxy) is 3. The molecule has 2 aromatic heterocycles. The summed E-state index contributed by atoms with van der Waals surface area (Å²) in [6.07, 6.45) is -7.08. The molecule has 7 N–H and O–H groups in total. The van der Waals surface area contributed by atoms with Crippen molar-refractivity contribution in [2.75, 3.05) is 18.1 Å². The highest BCUT2D eigenvalue weighted by atomic mass is 31.2. The lowest BCUT2D eigenvalue weighted by Crippen LogP contribution is -2.32. The third kappa shape index (κ3) is 6.39. The lowest BCUT2D eigenvalue weighted by Gasteiger charge is -2.16. The van der Waals surface area contributed by atoms with Crippen LogP contribution < -0.4 is 22.8 Å². The first-order chi connectivity index (χ1) is 18.7. The van der Waals surface area contributed by atoms with Crippen molar-refractivity contribution in [2.45, 2.75) is 51.0 Å². The van der Waals surface area contributed by atoms with E-state index in [1.807, 2.05) is 0 Å². The van der Waals surface area contributed by atoms with Gasteiger partial charge in [0.05, 0.1) is 31.0 Å². The SMILES string of the molecule is CC1[C@@H](CO)O[C@@H](n2cc(F)c(N)nc2=O)[C@H]1F.CC1[C@@H](OC(=O)P(O)O)O[C@@H](n2cc(F)c(N)nc2=O)[C@H]1F. The Morgan fingerprint density at radius 3 is 1.85 bits per heavy atom. The molecule has 40 heavy (non-hydrogen) atoms. The summed E-state index contributed by atoms with van der Waals surface area (Å²) < 4.78 is 70.8. The Bertz CT molecular complexity index is 1350. The molecule has 0 aromatic carbocycles. The fourth-order valence-corrected chi connectivity index (χ4v) is 4.00. The molecule has 8 atom stereocenters. The number of rotatable bonds is 5. The number of carbonyl (C=O) groups excluding carboxylic acids is 1. The van der Waals surface area contributed by atoms with E-state index in [2.05, 4.69) is 14.7 Å². The van der Waals surface area contributed by atoms with Gasteiger partial charge in [0.2, 0.25) is 6.29 Å². The zero-order chi connectivity index (χ0) is 30.0. The Morgan fingerprint density at radius 2 is 1.43 bits per heavy atom. The molecule has 0 bridgehead atoms. The molecule has 0 saturated carbocycles. The highest BCUT2D eigenvalue weighted by Crippen LogP contribution is 2.39. The van der Waals surface area contributed by atoms with Crippen molar-refractivity contribution in [1.82, 2.24) is 19.1 Å². The first kappa shape index (κ1) is 31.3. The summed E-state index contributed by atoms with van der Waals surface area (Å²) in [7, 11) is -3.02. The largest absolute Gasteiger partial charge is 0.429 e. The Hall–Kier alpha value is -3.22. The number of aliphatic hydroxyl groups is 1. The molecular weight excluding hydrogens is 575 g/mol. The van der Waals surface area contributed by atoms with Gasteiger partial charge >= 0.3 is 17.1 Å². The maximum atomic E-state index is 14.2. The molecule has 20 heteroatoms. The first-order valence-corrected chi connectivity index (χ1v) is 12.6. The van der Waals surface area contributed by atoms with Gasteiger partial charge in [0.15, 0.2) is 48.1 Å². The maximum absolute atomic E-state index is 14.2. The second kappa shape index (κ2) is 12.5. The Labute approximate surface area is 222 Å². The van der Waals surface area contributed by atoms with Crippen molar-refractivity contribution in [3.63, 3.8) is 0 Å². The number of nitrogens with two attached hydrogens (primary N) is 2. The van der Waals surface area contributed by atoms with Crippen molar-refractivity contribution in [3.8, 4) is 0 Å². The molecule has 2 aromatic rings. The molecule has 0 spiro atoms. The molecule has 2 fully saturated rings. The summed E-state index contributed by atoms with van der Waals surface area (Å²) in [4.78, 5) is 58.1. The summed E-state index contributed by atoms with van der Waals surface area (Å²) in [6, 6.07) is 0. The average molecular weight is 600 g/mol. The van der Waals surface area contributed by atoms with Gasteiger partial charge in [-0.3, -0.25) is 9.13 Å². The minimum atomic E-state index is -3.02. The van der Waals surface area contributed by atoms with E-state index >= 15 is 0 Å². The van der Waals surface area contributed by atoms with Crippen LogP contribution in [0.4, 0.5) is 34.0 Å². The second-order valence-corrected chi connectivity index (χ2v) is 9.69. The molecule has 4 rings (SSSR count). The number of aliphatic hydroxyl groups excluding tert-OH is 1. The van der Waals surface area contributed by atoms with Gasteiger partial charge in [0.1, 0.15) is 0 Å². The molecule has 0 amide bonds. The predicted molar refractivity (Wildman–Crippen MR) is 127 cm³/mol. The molecule has 2 aliphatic heterocycles. The van der Waals surface area contributed by atoms with Crippen LogP contribution in [0.25, 0.3) is 0 Å². The van der Waals surface area contributed by atoms with E-state index in [4.69, 9.17) is 35.8 Å². The minimum Gasteiger partial charge on any atom is -0.429 e. The minimum absolute atomic E-state index is 0.377. The summed E-state index contributed by atoms with van der Waals surface area (Å²) in [5, 5.41) is 9.00. The monoisotopic (exact) mass is 600 g/mol. The summed E-state index contributed by atoms with van der Waals surface area (Å²) in [5.41, 5.74) is 6.93. The maximum Gasteiger partial charge on any atom is 0.385 e. The van der Waals surface area contributed by atoms with Gasteiger partial charge in [0, 0.05) is 5.92 Å². The number of carbonyl (C=O) groups is 1. The van der Waals surface area contributed by atoms with Gasteiger partial charge in [-0.2, -0.15) is 9.97 Å². The third-order valence-corrected chi connectivity index (χ3v) is 6.56. The fraction of sp³-hybridized carbons (Fsp3) is 0.550. The van der Waals surface area contributed by atoms with Crippen LogP contribution in [0.1, 0.15) is 26.3 Å². The summed E-state index contributed by atoms with van der Waals surface area (Å²) in [5.74, 6) is -4.79. The van der Waals surface area contributed by atoms with E-state index in [-0.39, 0.29) is 6.61 Å². The number of hydrogen-bond acceptors (Lipinski definition) is 13. The third-order valence-electron chi connectivity index (χ3n) is 6.13. The average Bonchev–Trinajstić information content (AvgIpc) is 3.33. The lowest BCUT2D eigenvalue weighted by atomic mass is 10.0. The van der Waals surface area contributed by atoms with Crippen LogP contribution in [0.5, 0.6) is 0 Å². The van der Waals surface area contributed by atoms with Gasteiger partial charge in [0.25, 0.3) is 8.38 Å². The number of nitrogen functional groups attached to an aromatic ring is 2. The predicted octanol–water partition coefficient (Wildman–Crippen LogP) is 0.0553. The number of aromatic nitrogens is 4. The fourth-order valence-electron chi connectivity index (χ4n) is 3.80. The lowest BCUT2D eigenvalue weighted by molar-refractivity contribution is -0.126. The topological polar surface area (TPSA) is 227 Å². The summed E-state index contributed by atoms with van der Waals surface area (Å²) >= 11 is 0. The molecule has 2 aliphatic rings. The second-order valence-electron chi connectivity index (χ2n) is 8.75.